The molecule has 2 rings (SSSR count). The van der Waals surface area contributed by atoms with Crippen molar-refractivity contribution in [2.75, 3.05) is 51.1 Å². The lowest BCUT2D eigenvalue weighted by Gasteiger charge is -2.22. The van der Waals surface area contributed by atoms with Crippen LogP contribution in [-0.2, 0) is 0 Å². The minimum atomic E-state index is 0.758. The minimum Gasteiger partial charge on any atom is -0.370 e. The van der Waals surface area contributed by atoms with Crippen LogP contribution in [0.4, 0.5) is 5.82 Å². The SMILES string of the molecule is CCN(CC)CCN1CCC(CNc2ccccn2)C1. The summed E-state index contributed by atoms with van der Waals surface area (Å²) < 4.78 is 0. The van der Waals surface area contributed by atoms with Crippen molar-refractivity contribution in [1.82, 2.24) is 14.8 Å². The van der Waals surface area contributed by atoms with Gasteiger partial charge in [0.05, 0.1) is 0 Å². The number of rotatable bonds is 8. The molecule has 0 spiro atoms. The van der Waals surface area contributed by atoms with Crippen LogP contribution >= 0.6 is 0 Å². The molecule has 4 heteroatoms. The van der Waals surface area contributed by atoms with E-state index in [1.807, 2.05) is 24.4 Å². The van der Waals surface area contributed by atoms with Gasteiger partial charge in [-0.25, -0.2) is 4.98 Å². The van der Waals surface area contributed by atoms with E-state index in [9.17, 15) is 0 Å². The summed E-state index contributed by atoms with van der Waals surface area (Å²) in [5, 5.41) is 3.45. The Morgan fingerprint density at radius 2 is 2.20 bits per heavy atom. The topological polar surface area (TPSA) is 31.4 Å². The molecule has 0 aliphatic carbocycles. The summed E-state index contributed by atoms with van der Waals surface area (Å²) in [6.07, 6.45) is 3.14. The summed E-state index contributed by atoms with van der Waals surface area (Å²) in [7, 11) is 0. The Morgan fingerprint density at radius 3 is 2.90 bits per heavy atom. The minimum absolute atomic E-state index is 0.758. The fourth-order valence-corrected chi connectivity index (χ4v) is 2.82. The van der Waals surface area contributed by atoms with Crippen molar-refractivity contribution in [2.45, 2.75) is 20.3 Å². The van der Waals surface area contributed by atoms with Crippen LogP contribution in [0.25, 0.3) is 0 Å². The predicted molar refractivity (Wildman–Crippen MR) is 85.1 cm³/mol. The van der Waals surface area contributed by atoms with E-state index in [-0.39, 0.29) is 0 Å². The second-order valence-corrected chi connectivity index (χ2v) is 5.58. The Morgan fingerprint density at radius 1 is 1.35 bits per heavy atom. The standard InChI is InChI=1S/C16H28N4/c1-3-19(4-2)11-12-20-10-8-15(14-20)13-18-16-7-5-6-9-17-16/h5-7,9,15H,3-4,8,10-14H2,1-2H3,(H,17,18). The lowest BCUT2D eigenvalue weighted by atomic mass is 10.1. The largest absolute Gasteiger partial charge is 0.370 e. The molecule has 112 valence electrons. The van der Waals surface area contributed by atoms with Crippen molar-refractivity contribution < 1.29 is 0 Å². The number of hydrogen-bond acceptors (Lipinski definition) is 4. The normalized spacial score (nSPS) is 19.6. The summed E-state index contributed by atoms with van der Waals surface area (Å²) in [6, 6.07) is 6.02. The summed E-state index contributed by atoms with van der Waals surface area (Å²) in [4.78, 5) is 9.41. The van der Waals surface area contributed by atoms with Crippen molar-refractivity contribution in [2.24, 2.45) is 5.92 Å². The third-order valence-corrected chi connectivity index (χ3v) is 4.23. The molecule has 1 atom stereocenters. The molecule has 20 heavy (non-hydrogen) atoms. The van der Waals surface area contributed by atoms with Gasteiger partial charge in [-0.1, -0.05) is 19.9 Å². The highest BCUT2D eigenvalue weighted by molar-refractivity contribution is 5.33. The van der Waals surface area contributed by atoms with Crippen LogP contribution in [0.1, 0.15) is 20.3 Å². The molecule has 1 fully saturated rings. The molecule has 0 amide bonds. The van der Waals surface area contributed by atoms with Crippen molar-refractivity contribution in [3.05, 3.63) is 24.4 Å². The first-order valence-electron chi connectivity index (χ1n) is 7.91. The molecule has 1 unspecified atom stereocenters. The van der Waals surface area contributed by atoms with Crippen LogP contribution in [0.15, 0.2) is 24.4 Å². The molecule has 0 radical (unpaired) electrons. The van der Waals surface area contributed by atoms with E-state index in [4.69, 9.17) is 0 Å². The van der Waals surface area contributed by atoms with Gasteiger partial charge in [-0.15, -0.1) is 0 Å². The van der Waals surface area contributed by atoms with Crippen molar-refractivity contribution in [1.29, 1.82) is 0 Å². The van der Waals surface area contributed by atoms with E-state index >= 15 is 0 Å². The fourth-order valence-electron chi connectivity index (χ4n) is 2.82. The lowest BCUT2D eigenvalue weighted by molar-refractivity contribution is 0.237. The van der Waals surface area contributed by atoms with Crippen LogP contribution in [0.3, 0.4) is 0 Å². The van der Waals surface area contributed by atoms with Gasteiger partial charge in [0.25, 0.3) is 0 Å². The van der Waals surface area contributed by atoms with Crippen LogP contribution in [0, 0.1) is 5.92 Å². The molecular weight excluding hydrogens is 248 g/mol. The van der Waals surface area contributed by atoms with Crippen LogP contribution < -0.4 is 5.32 Å². The quantitative estimate of drug-likeness (QED) is 0.788. The average molecular weight is 276 g/mol. The first kappa shape index (κ1) is 15.3. The predicted octanol–water partition coefficient (Wildman–Crippen LogP) is 2.16. The van der Waals surface area contributed by atoms with E-state index in [1.165, 1.54) is 32.6 Å². The van der Waals surface area contributed by atoms with Gasteiger partial charge >= 0.3 is 0 Å². The van der Waals surface area contributed by atoms with Crippen molar-refractivity contribution in [3.63, 3.8) is 0 Å². The molecule has 1 aromatic rings. The van der Waals surface area contributed by atoms with E-state index in [2.05, 4.69) is 33.9 Å². The van der Waals surface area contributed by atoms with E-state index in [0.29, 0.717) is 0 Å². The lowest BCUT2D eigenvalue weighted by Crippen LogP contribution is -2.34. The van der Waals surface area contributed by atoms with Crippen LogP contribution in [0.5, 0.6) is 0 Å². The molecular formula is C16H28N4. The highest BCUT2D eigenvalue weighted by Gasteiger charge is 2.22. The highest BCUT2D eigenvalue weighted by Crippen LogP contribution is 2.16. The number of pyridine rings is 1. The summed E-state index contributed by atoms with van der Waals surface area (Å²) in [5.41, 5.74) is 0. The van der Waals surface area contributed by atoms with Gasteiger partial charge in [-0.05, 0) is 44.1 Å². The maximum atomic E-state index is 4.31. The molecule has 0 aromatic carbocycles. The number of likely N-dealkylation sites (N-methyl/N-ethyl adjacent to an activating group) is 1. The first-order chi connectivity index (χ1) is 9.81. The molecule has 0 saturated carbocycles. The molecule has 2 heterocycles. The smallest absolute Gasteiger partial charge is 0.125 e. The Kier molecular flexibility index (Phi) is 6.27. The third kappa shape index (κ3) is 4.76. The number of hydrogen-bond donors (Lipinski definition) is 1. The number of nitrogens with zero attached hydrogens (tertiary/aromatic N) is 3. The zero-order valence-electron chi connectivity index (χ0n) is 12.9. The second-order valence-electron chi connectivity index (χ2n) is 5.58. The Hall–Kier alpha value is -1.13. The first-order valence-corrected chi connectivity index (χ1v) is 7.91. The molecule has 1 aliphatic rings. The van der Waals surface area contributed by atoms with Gasteiger partial charge in [0.15, 0.2) is 0 Å². The van der Waals surface area contributed by atoms with Gasteiger partial charge in [-0.3, -0.25) is 0 Å². The Labute approximate surface area is 123 Å². The zero-order chi connectivity index (χ0) is 14.2. The maximum Gasteiger partial charge on any atom is 0.125 e. The number of anilines is 1. The Bertz CT molecular complexity index is 364. The number of likely N-dealkylation sites (tertiary alicyclic amines) is 1. The van der Waals surface area contributed by atoms with Crippen LogP contribution in [0.2, 0.25) is 0 Å². The van der Waals surface area contributed by atoms with Gasteiger partial charge in [0.2, 0.25) is 0 Å². The van der Waals surface area contributed by atoms with E-state index in [1.54, 1.807) is 0 Å². The molecule has 1 aliphatic heterocycles. The molecule has 1 saturated heterocycles. The van der Waals surface area contributed by atoms with Gasteiger partial charge in [-0.2, -0.15) is 0 Å². The van der Waals surface area contributed by atoms with Gasteiger partial charge in [0, 0.05) is 32.4 Å². The van der Waals surface area contributed by atoms with E-state index < -0.39 is 0 Å². The number of aromatic nitrogens is 1. The second kappa shape index (κ2) is 8.22. The van der Waals surface area contributed by atoms with Gasteiger partial charge in [0.1, 0.15) is 5.82 Å². The maximum absolute atomic E-state index is 4.31. The Balaban J connectivity index is 1.65. The monoisotopic (exact) mass is 276 g/mol. The zero-order valence-corrected chi connectivity index (χ0v) is 12.9. The molecule has 4 nitrogen and oxygen atoms in total. The van der Waals surface area contributed by atoms with Crippen molar-refractivity contribution in [3.8, 4) is 0 Å². The third-order valence-electron chi connectivity index (χ3n) is 4.23. The highest BCUT2D eigenvalue weighted by atomic mass is 15.2. The summed E-state index contributed by atoms with van der Waals surface area (Å²) in [6.45, 7) is 12.7. The van der Waals surface area contributed by atoms with Crippen LogP contribution in [-0.4, -0.2) is 60.6 Å². The van der Waals surface area contributed by atoms with Crippen molar-refractivity contribution >= 4 is 5.82 Å². The molecule has 1 aromatic heterocycles. The molecule has 0 bridgehead atoms. The van der Waals surface area contributed by atoms with Gasteiger partial charge < -0.3 is 15.1 Å². The average Bonchev–Trinajstić information content (AvgIpc) is 2.95. The number of nitrogens with one attached hydrogen (secondary N) is 1. The van der Waals surface area contributed by atoms with E-state index in [0.717, 1.165) is 31.4 Å². The summed E-state index contributed by atoms with van der Waals surface area (Å²) >= 11 is 0. The summed E-state index contributed by atoms with van der Waals surface area (Å²) in [5.74, 6) is 1.75. The fraction of sp³-hybridized carbons (Fsp3) is 0.688. The molecule has 1 N–H and O–H groups in total.